The molecule has 0 radical (unpaired) electrons. The van der Waals surface area contributed by atoms with Crippen LogP contribution in [0.3, 0.4) is 0 Å². The minimum Gasteiger partial charge on any atom is -0.396 e. The summed E-state index contributed by atoms with van der Waals surface area (Å²) in [5.74, 6) is 0. The summed E-state index contributed by atoms with van der Waals surface area (Å²) in [5.41, 5.74) is 0. The van der Waals surface area contributed by atoms with Gasteiger partial charge in [-0.1, -0.05) is 0 Å². The molecule has 4 heteroatoms. The first kappa shape index (κ1) is 11.9. The van der Waals surface area contributed by atoms with Gasteiger partial charge in [0.05, 0.1) is 0 Å². The van der Waals surface area contributed by atoms with Crippen molar-refractivity contribution in [2.24, 2.45) is 0 Å². The van der Waals surface area contributed by atoms with Crippen molar-refractivity contribution in [1.29, 1.82) is 0 Å². The second-order valence-corrected chi connectivity index (χ2v) is 2.56. The number of aliphatic hydroxyl groups excluding tert-OH is 1. The molecule has 0 bridgehead atoms. The Hall–Kier alpha value is -0.0551. The Labute approximate surface area is 75.5 Å². The highest BCUT2D eigenvalue weighted by Gasteiger charge is 2.05. The molecular formula is C8H19BO3. The third-order valence-corrected chi connectivity index (χ3v) is 1.55. The zero-order valence-corrected chi connectivity index (χ0v) is 8.08. The highest BCUT2D eigenvalue weighted by Crippen LogP contribution is 2.05. The average molecular weight is 174 g/mol. The molecule has 0 saturated heterocycles. The van der Waals surface area contributed by atoms with Gasteiger partial charge in [0, 0.05) is 19.7 Å². The van der Waals surface area contributed by atoms with Crippen LogP contribution in [0.4, 0.5) is 0 Å². The maximum absolute atomic E-state index is 8.56. The summed E-state index contributed by atoms with van der Waals surface area (Å²) in [6.45, 7) is 3.58. The number of ether oxygens (including phenoxy) is 2. The van der Waals surface area contributed by atoms with E-state index in [0.717, 1.165) is 19.3 Å². The number of hydrogen-bond acceptors (Lipinski definition) is 3. The molecule has 0 amide bonds. The van der Waals surface area contributed by atoms with Crippen molar-refractivity contribution in [3.05, 3.63) is 0 Å². The third-order valence-electron chi connectivity index (χ3n) is 1.55. The fourth-order valence-electron chi connectivity index (χ4n) is 1.01. The second-order valence-electron chi connectivity index (χ2n) is 2.56. The Balaban J connectivity index is 3.34. The Morgan fingerprint density at radius 1 is 1.33 bits per heavy atom. The van der Waals surface area contributed by atoms with Gasteiger partial charge in [-0.3, -0.25) is 0 Å². The molecule has 0 fully saturated rings. The van der Waals surface area contributed by atoms with Crippen LogP contribution >= 0.6 is 0 Å². The van der Waals surface area contributed by atoms with Crippen LogP contribution in [0.5, 0.6) is 0 Å². The Kier molecular flexibility index (Phi) is 8.99. The van der Waals surface area contributed by atoms with E-state index in [1.165, 1.54) is 0 Å². The van der Waals surface area contributed by atoms with Gasteiger partial charge in [-0.25, -0.2) is 0 Å². The Morgan fingerprint density at radius 3 is 2.58 bits per heavy atom. The van der Waals surface area contributed by atoms with E-state index in [4.69, 9.17) is 14.6 Å². The van der Waals surface area contributed by atoms with E-state index < -0.39 is 0 Å². The lowest BCUT2D eigenvalue weighted by Gasteiger charge is -2.16. The summed E-state index contributed by atoms with van der Waals surface area (Å²) in [6.07, 6.45) is 2.59. The number of unbranched alkanes of at least 4 members (excludes halogenated alkanes) is 1. The number of hydrogen-bond donors (Lipinski definition) is 1. The van der Waals surface area contributed by atoms with Crippen LogP contribution < -0.4 is 0 Å². The van der Waals surface area contributed by atoms with Crippen LogP contribution in [0, 0.1) is 0 Å². The van der Waals surface area contributed by atoms with E-state index in [1.54, 1.807) is 0 Å². The summed E-state index contributed by atoms with van der Waals surface area (Å²) in [7, 11) is 1.96. The van der Waals surface area contributed by atoms with Crippen LogP contribution in [-0.2, 0) is 9.47 Å². The SMILES string of the molecule is BCOC(CCCCO)OCC. The van der Waals surface area contributed by atoms with Gasteiger partial charge in [0.2, 0.25) is 0 Å². The van der Waals surface area contributed by atoms with E-state index in [1.807, 2.05) is 14.8 Å². The Morgan fingerprint density at radius 2 is 2.08 bits per heavy atom. The predicted octanol–water partition coefficient (Wildman–Crippen LogP) is 0.119. The monoisotopic (exact) mass is 174 g/mol. The summed E-state index contributed by atoms with van der Waals surface area (Å²) in [4.78, 5) is 0. The van der Waals surface area contributed by atoms with E-state index in [0.29, 0.717) is 13.1 Å². The minimum atomic E-state index is -0.0773. The van der Waals surface area contributed by atoms with Crippen molar-refractivity contribution in [2.75, 3.05) is 19.7 Å². The molecule has 1 atom stereocenters. The molecule has 3 nitrogen and oxygen atoms in total. The molecule has 1 N–H and O–H groups in total. The van der Waals surface area contributed by atoms with Gasteiger partial charge in [0.15, 0.2) is 6.29 Å². The molecule has 0 rings (SSSR count). The first-order valence-electron chi connectivity index (χ1n) is 4.69. The maximum atomic E-state index is 8.56. The molecule has 0 aromatic carbocycles. The van der Waals surface area contributed by atoms with Crippen LogP contribution in [0.1, 0.15) is 26.2 Å². The second kappa shape index (κ2) is 9.04. The van der Waals surface area contributed by atoms with E-state index >= 15 is 0 Å². The zero-order chi connectivity index (χ0) is 9.23. The maximum Gasteiger partial charge on any atom is 0.156 e. The van der Waals surface area contributed by atoms with Gasteiger partial charge in [0.1, 0.15) is 7.85 Å². The Bertz CT molecular complexity index is 84.4. The zero-order valence-electron chi connectivity index (χ0n) is 8.08. The van der Waals surface area contributed by atoms with Crippen molar-refractivity contribution in [3.63, 3.8) is 0 Å². The van der Waals surface area contributed by atoms with Crippen molar-refractivity contribution >= 4 is 7.85 Å². The average Bonchev–Trinajstić information content (AvgIpc) is 2.06. The minimum absolute atomic E-state index is 0.0773. The fourth-order valence-corrected chi connectivity index (χ4v) is 1.01. The summed E-state index contributed by atoms with van der Waals surface area (Å²) >= 11 is 0. The van der Waals surface area contributed by atoms with E-state index in [-0.39, 0.29) is 12.9 Å². The lowest BCUT2D eigenvalue weighted by atomic mass is 10.2. The van der Waals surface area contributed by atoms with Gasteiger partial charge >= 0.3 is 0 Å². The van der Waals surface area contributed by atoms with Gasteiger partial charge in [-0.15, -0.1) is 0 Å². The number of aliphatic hydroxyl groups is 1. The first-order chi connectivity index (χ1) is 5.85. The van der Waals surface area contributed by atoms with Crippen LogP contribution in [-0.4, -0.2) is 39.0 Å². The van der Waals surface area contributed by atoms with Gasteiger partial charge in [-0.2, -0.15) is 0 Å². The normalized spacial score (nSPS) is 13.2. The molecule has 0 aromatic rings. The molecule has 0 saturated carbocycles. The van der Waals surface area contributed by atoms with E-state index in [2.05, 4.69) is 0 Å². The predicted molar refractivity (Wildman–Crippen MR) is 50.8 cm³/mol. The molecule has 12 heavy (non-hydrogen) atoms. The van der Waals surface area contributed by atoms with Crippen LogP contribution in [0.2, 0.25) is 0 Å². The first-order valence-corrected chi connectivity index (χ1v) is 4.69. The lowest BCUT2D eigenvalue weighted by molar-refractivity contribution is -0.131. The molecule has 0 aromatic heterocycles. The van der Waals surface area contributed by atoms with Crippen molar-refractivity contribution in [2.45, 2.75) is 32.5 Å². The van der Waals surface area contributed by atoms with Crippen LogP contribution in [0.25, 0.3) is 0 Å². The highest BCUT2D eigenvalue weighted by atomic mass is 16.7. The molecular weight excluding hydrogens is 155 g/mol. The quantitative estimate of drug-likeness (QED) is 0.322. The van der Waals surface area contributed by atoms with Crippen LogP contribution in [0.15, 0.2) is 0 Å². The molecule has 0 spiro atoms. The van der Waals surface area contributed by atoms with Gasteiger partial charge in [0.25, 0.3) is 0 Å². The molecule has 0 aliphatic heterocycles. The largest absolute Gasteiger partial charge is 0.396 e. The summed E-state index contributed by atoms with van der Waals surface area (Å²) < 4.78 is 10.7. The smallest absolute Gasteiger partial charge is 0.156 e. The number of rotatable bonds is 8. The van der Waals surface area contributed by atoms with E-state index in [9.17, 15) is 0 Å². The summed E-state index contributed by atoms with van der Waals surface area (Å²) in [5, 5.41) is 8.56. The molecule has 1 unspecified atom stereocenters. The topological polar surface area (TPSA) is 38.7 Å². The van der Waals surface area contributed by atoms with Crippen molar-refractivity contribution in [3.8, 4) is 0 Å². The van der Waals surface area contributed by atoms with Gasteiger partial charge in [-0.05, 0) is 26.2 Å². The third kappa shape index (κ3) is 6.64. The molecule has 0 aliphatic carbocycles. The van der Waals surface area contributed by atoms with Crippen molar-refractivity contribution in [1.82, 2.24) is 0 Å². The summed E-state index contributed by atoms with van der Waals surface area (Å²) in [6, 6.07) is 0. The lowest BCUT2D eigenvalue weighted by Crippen LogP contribution is -2.18. The standard InChI is InChI=1S/C8H19BO3/c1-2-11-8(12-7-9)5-3-4-6-10/h8,10H,2-7,9H2,1H3. The highest BCUT2D eigenvalue weighted by molar-refractivity contribution is 6.08. The molecule has 72 valence electrons. The van der Waals surface area contributed by atoms with Crippen molar-refractivity contribution < 1.29 is 14.6 Å². The van der Waals surface area contributed by atoms with Gasteiger partial charge < -0.3 is 14.6 Å². The fraction of sp³-hybridized carbons (Fsp3) is 1.00. The molecule has 0 heterocycles. The molecule has 0 aliphatic rings.